The summed E-state index contributed by atoms with van der Waals surface area (Å²) in [5, 5.41) is 23.6. The Labute approximate surface area is 460 Å². The van der Waals surface area contributed by atoms with E-state index in [2.05, 4.69) is 26.6 Å². The maximum absolute atomic E-state index is 15.5. The van der Waals surface area contributed by atoms with Crippen LogP contribution >= 0.6 is 0 Å². The molecule has 22 nitrogen and oxygen atoms in total. The van der Waals surface area contributed by atoms with Crippen molar-refractivity contribution in [2.75, 3.05) is 40.0 Å². The number of pyridine rings is 2. The number of aromatic nitrogens is 2. The molecule has 8 amide bonds. The number of nitrogens with one attached hydrogen (secondary N) is 5. The number of fused-ring (bicyclic) bond motifs is 5. The Morgan fingerprint density at radius 1 is 0.889 bits per heavy atom. The van der Waals surface area contributed by atoms with E-state index in [1.54, 1.807) is 44.2 Å². The number of carbonyl (C=O) groups excluding carboxylic acids is 9. The third-order valence-corrected chi connectivity index (χ3v) is 14.7. The number of imide groups is 1. The molecule has 5 heterocycles. The summed E-state index contributed by atoms with van der Waals surface area (Å²) in [6, 6.07) is 8.54. The SMILES string of the molecule is CCC[C@@]1(O)C(=O)OCc2c1cc1n(c2=O)Cc2c-1nc1cc(F)c(C)c3c1c2[C@@H](N(C)C(=O)[C@H](OCNC(=O)CNC(=O)[C@H](Cc1ccccc1)NC(=O)CNC(=O)CNC(=O)CCCCCN1C(=O)C=CC1=O)C(F)(F)F)CC3. The molecule has 430 valence electrons. The number of hydrogen-bond acceptors (Lipinski definition) is 14. The molecule has 3 aliphatic heterocycles. The fourth-order valence-electron chi connectivity index (χ4n) is 10.6. The summed E-state index contributed by atoms with van der Waals surface area (Å²) in [5.41, 5.74) is -0.306. The number of aryl methyl sites for hydroxylation is 1. The van der Waals surface area contributed by atoms with E-state index in [-0.39, 0.29) is 78.8 Å². The van der Waals surface area contributed by atoms with Crippen LogP contribution in [0.15, 0.2) is 59.4 Å². The number of cyclic esters (lactones) is 1. The van der Waals surface area contributed by atoms with E-state index in [1.165, 1.54) is 22.8 Å². The van der Waals surface area contributed by atoms with Crippen LogP contribution in [0.2, 0.25) is 0 Å². The Hall–Kier alpha value is -8.39. The first-order chi connectivity index (χ1) is 38.5. The number of alkyl halides is 3. The molecule has 2 aromatic heterocycles. The third-order valence-electron chi connectivity index (χ3n) is 14.7. The van der Waals surface area contributed by atoms with E-state index in [4.69, 9.17) is 14.5 Å². The molecule has 81 heavy (non-hydrogen) atoms. The van der Waals surface area contributed by atoms with Gasteiger partial charge in [-0.25, -0.2) is 14.2 Å². The lowest BCUT2D eigenvalue weighted by Crippen LogP contribution is -2.52. The van der Waals surface area contributed by atoms with Gasteiger partial charge in [0.1, 0.15) is 25.2 Å². The molecule has 0 bridgehead atoms. The zero-order chi connectivity index (χ0) is 58.5. The Morgan fingerprint density at radius 3 is 2.27 bits per heavy atom. The minimum absolute atomic E-state index is 0.00489. The van der Waals surface area contributed by atoms with Crippen LogP contribution in [0.4, 0.5) is 17.6 Å². The fourth-order valence-corrected chi connectivity index (χ4v) is 10.6. The molecular formula is C55H59F4N9O13. The number of benzene rings is 2. The summed E-state index contributed by atoms with van der Waals surface area (Å²) < 4.78 is 71.7. The fraction of sp³-hybridized carbons (Fsp3) is 0.436. The van der Waals surface area contributed by atoms with Gasteiger partial charge in [-0.15, -0.1) is 0 Å². The number of likely N-dealkylation sites (N-methyl/N-ethyl adjacent to an activating group) is 1. The van der Waals surface area contributed by atoms with Crippen molar-refractivity contribution < 1.29 is 75.3 Å². The first-order valence-corrected chi connectivity index (χ1v) is 26.2. The van der Waals surface area contributed by atoms with Gasteiger partial charge in [-0.1, -0.05) is 50.1 Å². The lowest BCUT2D eigenvalue weighted by atomic mass is 9.81. The van der Waals surface area contributed by atoms with Crippen LogP contribution in [0.25, 0.3) is 22.3 Å². The number of esters is 1. The molecule has 6 N–H and O–H groups in total. The number of unbranched alkanes of at least 4 members (excludes halogenated alkanes) is 2. The van der Waals surface area contributed by atoms with Gasteiger partial charge in [0.25, 0.3) is 23.3 Å². The average molecular weight is 1130 g/mol. The molecule has 2 aromatic carbocycles. The van der Waals surface area contributed by atoms with Gasteiger partial charge in [-0.2, -0.15) is 13.2 Å². The maximum Gasteiger partial charge on any atom is 0.423 e. The quantitative estimate of drug-likeness (QED) is 0.0179. The molecule has 0 radical (unpaired) electrons. The molecule has 0 saturated heterocycles. The molecule has 0 unspecified atom stereocenters. The number of halogens is 4. The summed E-state index contributed by atoms with van der Waals surface area (Å²) in [6.07, 6.45) is -4.32. The van der Waals surface area contributed by atoms with Crippen molar-refractivity contribution in [1.29, 1.82) is 0 Å². The topological polar surface area (TPSA) is 294 Å². The maximum atomic E-state index is 15.5. The van der Waals surface area contributed by atoms with Crippen molar-refractivity contribution in [3.8, 4) is 11.4 Å². The van der Waals surface area contributed by atoms with Gasteiger partial charge in [0, 0.05) is 61.2 Å². The van der Waals surface area contributed by atoms with Crippen molar-refractivity contribution in [3.63, 3.8) is 0 Å². The smallest absolute Gasteiger partial charge is 0.423 e. The molecule has 0 spiro atoms. The second kappa shape index (κ2) is 24.5. The summed E-state index contributed by atoms with van der Waals surface area (Å²) in [4.78, 5) is 135. The van der Waals surface area contributed by atoms with Crippen molar-refractivity contribution >= 4 is 64.1 Å². The lowest BCUT2D eigenvalue weighted by molar-refractivity contribution is -0.225. The number of hydrogen-bond donors (Lipinski definition) is 6. The van der Waals surface area contributed by atoms with Gasteiger partial charge in [-0.3, -0.25) is 48.1 Å². The highest BCUT2D eigenvalue weighted by Gasteiger charge is 2.50. The Balaban J connectivity index is 0.875. The van der Waals surface area contributed by atoms with E-state index < -0.39 is 128 Å². The van der Waals surface area contributed by atoms with Crippen LogP contribution in [0.5, 0.6) is 0 Å². The number of amides is 8. The zero-order valence-electron chi connectivity index (χ0n) is 44.4. The molecule has 26 heteroatoms. The molecule has 4 aromatic rings. The number of carbonyl (C=O) groups is 9. The predicted molar refractivity (Wildman–Crippen MR) is 277 cm³/mol. The first-order valence-electron chi connectivity index (χ1n) is 26.2. The molecule has 8 rings (SSSR count). The van der Waals surface area contributed by atoms with Crippen LogP contribution in [0, 0.1) is 12.7 Å². The Kier molecular flexibility index (Phi) is 17.8. The number of nitrogens with zero attached hydrogens (tertiary/aromatic N) is 4. The van der Waals surface area contributed by atoms with Crippen molar-refractivity contribution in [1.82, 2.24) is 45.9 Å². The predicted octanol–water partition coefficient (Wildman–Crippen LogP) is 1.95. The van der Waals surface area contributed by atoms with Gasteiger partial charge in [0.05, 0.1) is 54.7 Å². The number of rotatable bonds is 23. The lowest BCUT2D eigenvalue weighted by Gasteiger charge is -2.37. The number of aliphatic hydroxyl groups is 1. The summed E-state index contributed by atoms with van der Waals surface area (Å²) in [6.45, 7) is -0.183. The van der Waals surface area contributed by atoms with Crippen LogP contribution in [-0.4, -0.2) is 136 Å². The number of ether oxygens (including phenoxy) is 2. The van der Waals surface area contributed by atoms with Gasteiger partial charge in [0.2, 0.25) is 35.6 Å². The Morgan fingerprint density at radius 2 is 1.57 bits per heavy atom. The Bertz CT molecular complexity index is 3300. The highest BCUT2D eigenvalue weighted by Crippen LogP contribution is 2.48. The van der Waals surface area contributed by atoms with Crippen molar-refractivity contribution in [3.05, 3.63) is 110 Å². The van der Waals surface area contributed by atoms with Crippen LogP contribution < -0.4 is 32.1 Å². The molecular weight excluding hydrogens is 1070 g/mol. The van der Waals surface area contributed by atoms with E-state index in [9.17, 15) is 66.2 Å². The standard InChI is InChI=1S/C55H59F4N9O13/c1-4-18-54(79)34-21-39-48-32(26-68(39)51(76)33(34)27-80-53(54)78)47-38(15-14-31-29(2)35(56)22-36(65-48)46(31)47)66(3)52(77)49(55(57,58)59)81-28-63-42(71)24-62-50(75)37(20-30-11-7-5-8-12-30)64-43(72)25-61-41(70)23-60-40(69)13-9-6-10-19-67-44(73)16-17-45(67)74/h5,7-8,11-12,16-17,21-22,37-38,49,79H,4,6,9-10,13-15,18-20,23-28H2,1-3H3,(H,60,69)(H,61,70)(H,62,75)(H,63,71)(H,64,72)/t37-,38-,49-,54-/m0/s1. The minimum Gasteiger partial charge on any atom is -0.458 e. The normalized spacial score (nSPS) is 17.6. The second-order valence-electron chi connectivity index (χ2n) is 20.1. The van der Waals surface area contributed by atoms with E-state index in [0.29, 0.717) is 53.3 Å². The highest BCUT2D eigenvalue weighted by molar-refractivity contribution is 6.12. The van der Waals surface area contributed by atoms with Crippen molar-refractivity contribution in [2.45, 2.75) is 115 Å². The average Bonchev–Trinajstić information content (AvgIpc) is 4.03. The third kappa shape index (κ3) is 12.7. The summed E-state index contributed by atoms with van der Waals surface area (Å²) in [7, 11) is 1.14. The van der Waals surface area contributed by atoms with Crippen LogP contribution in [0.1, 0.15) is 96.9 Å². The van der Waals surface area contributed by atoms with E-state index in [1.807, 2.05) is 0 Å². The molecule has 0 saturated carbocycles. The van der Waals surface area contributed by atoms with Gasteiger partial charge >= 0.3 is 12.1 Å². The van der Waals surface area contributed by atoms with E-state index >= 15 is 4.39 Å². The largest absolute Gasteiger partial charge is 0.458 e. The summed E-state index contributed by atoms with van der Waals surface area (Å²) >= 11 is 0. The summed E-state index contributed by atoms with van der Waals surface area (Å²) in [5.74, 6) is -7.85. The monoisotopic (exact) mass is 1130 g/mol. The second-order valence-corrected chi connectivity index (χ2v) is 20.1. The van der Waals surface area contributed by atoms with Crippen LogP contribution in [-0.2, 0) is 84.2 Å². The minimum atomic E-state index is -5.33. The van der Waals surface area contributed by atoms with Gasteiger partial charge in [-0.05, 0) is 67.3 Å². The first kappa shape index (κ1) is 58.8. The zero-order valence-corrected chi connectivity index (χ0v) is 44.4. The highest BCUT2D eigenvalue weighted by atomic mass is 19.4. The van der Waals surface area contributed by atoms with Crippen LogP contribution in [0.3, 0.4) is 0 Å². The van der Waals surface area contributed by atoms with E-state index in [0.717, 1.165) is 22.9 Å². The molecule has 1 aliphatic carbocycles. The molecule has 4 aliphatic rings. The van der Waals surface area contributed by atoms with Crippen molar-refractivity contribution in [2.24, 2.45) is 0 Å². The van der Waals surface area contributed by atoms with Gasteiger partial charge in [0.15, 0.2) is 5.60 Å². The molecule has 0 fully saturated rings. The molecule has 4 atom stereocenters. The van der Waals surface area contributed by atoms with Gasteiger partial charge < -0.3 is 50.6 Å².